The molecule has 0 bridgehead atoms. The van der Waals surface area contributed by atoms with Gasteiger partial charge < -0.3 is 10.4 Å². The molecule has 0 saturated heterocycles. The maximum atomic E-state index is 12.8. The first-order valence-electron chi connectivity index (χ1n) is 5.70. The van der Waals surface area contributed by atoms with Gasteiger partial charge in [-0.3, -0.25) is 4.21 Å². The van der Waals surface area contributed by atoms with Crippen molar-refractivity contribution in [1.29, 1.82) is 0 Å². The highest BCUT2D eigenvalue weighted by Crippen LogP contribution is 2.33. The third-order valence-corrected chi connectivity index (χ3v) is 3.36. The fourth-order valence-electron chi connectivity index (χ4n) is 1.58. The lowest BCUT2D eigenvalue weighted by atomic mass is 10.1. The third kappa shape index (κ3) is 4.84. The molecule has 20 heavy (non-hydrogen) atoms. The maximum absolute atomic E-state index is 12.8. The van der Waals surface area contributed by atoms with Crippen LogP contribution in [0.25, 0.3) is 0 Å². The normalized spacial score (nSPS) is 13.0. The SMILES string of the molecule is CS(=O)CCCNc1ccc(C(=O)O)c(C(F)(F)F)c1. The Kier molecular flexibility index (Phi) is 5.55. The van der Waals surface area contributed by atoms with Crippen molar-refractivity contribution in [2.24, 2.45) is 0 Å². The third-order valence-electron chi connectivity index (χ3n) is 2.49. The van der Waals surface area contributed by atoms with Crippen LogP contribution >= 0.6 is 0 Å². The van der Waals surface area contributed by atoms with Crippen molar-refractivity contribution in [1.82, 2.24) is 0 Å². The number of halogens is 3. The van der Waals surface area contributed by atoms with Crippen LogP contribution in [0.3, 0.4) is 0 Å². The molecule has 1 atom stereocenters. The summed E-state index contributed by atoms with van der Waals surface area (Å²) in [6, 6.07) is 2.97. The van der Waals surface area contributed by atoms with Crippen LogP contribution in [0.4, 0.5) is 18.9 Å². The monoisotopic (exact) mass is 309 g/mol. The molecule has 8 heteroatoms. The molecule has 1 aromatic carbocycles. The number of benzene rings is 1. The number of rotatable bonds is 6. The summed E-state index contributed by atoms with van der Waals surface area (Å²) in [4.78, 5) is 10.8. The molecule has 0 aliphatic carbocycles. The van der Waals surface area contributed by atoms with Gasteiger partial charge in [0.25, 0.3) is 0 Å². The van der Waals surface area contributed by atoms with Crippen LogP contribution in [-0.4, -0.2) is 33.8 Å². The van der Waals surface area contributed by atoms with Gasteiger partial charge in [-0.15, -0.1) is 0 Å². The van der Waals surface area contributed by atoms with E-state index in [9.17, 15) is 22.2 Å². The standard InChI is InChI=1S/C12H14F3NO3S/c1-20(19)6-2-5-16-8-3-4-9(11(17)18)10(7-8)12(13,14)15/h3-4,7,16H,2,5-6H2,1H3,(H,17,18). The van der Waals surface area contributed by atoms with E-state index in [1.165, 1.54) is 6.07 Å². The minimum Gasteiger partial charge on any atom is -0.478 e. The predicted molar refractivity (Wildman–Crippen MR) is 70.4 cm³/mol. The second-order valence-electron chi connectivity index (χ2n) is 4.12. The fraction of sp³-hybridized carbons (Fsp3) is 0.417. The molecule has 0 spiro atoms. The molecule has 0 saturated carbocycles. The van der Waals surface area contributed by atoms with Gasteiger partial charge in [0.15, 0.2) is 0 Å². The Bertz CT molecular complexity index is 517. The molecule has 0 heterocycles. The van der Waals surface area contributed by atoms with E-state index in [-0.39, 0.29) is 5.69 Å². The van der Waals surface area contributed by atoms with E-state index in [1.54, 1.807) is 6.26 Å². The molecule has 0 aromatic heterocycles. The molecule has 0 aliphatic heterocycles. The Balaban J connectivity index is 2.85. The average molecular weight is 309 g/mol. The van der Waals surface area contributed by atoms with E-state index < -0.39 is 34.1 Å². The summed E-state index contributed by atoms with van der Waals surface area (Å²) in [6.07, 6.45) is -2.63. The van der Waals surface area contributed by atoms with Gasteiger partial charge in [0.1, 0.15) is 0 Å². The number of carboxylic acid groups (broad SMARTS) is 1. The van der Waals surface area contributed by atoms with Gasteiger partial charge in [-0.2, -0.15) is 13.2 Å². The number of anilines is 1. The first-order chi connectivity index (χ1) is 9.21. The van der Waals surface area contributed by atoms with E-state index in [0.29, 0.717) is 18.7 Å². The molecule has 0 aliphatic rings. The van der Waals surface area contributed by atoms with E-state index in [4.69, 9.17) is 5.11 Å². The van der Waals surface area contributed by atoms with Crippen molar-refractivity contribution in [3.63, 3.8) is 0 Å². The number of carbonyl (C=O) groups is 1. The Labute approximate surface area is 116 Å². The smallest absolute Gasteiger partial charge is 0.417 e. The lowest BCUT2D eigenvalue weighted by Crippen LogP contribution is -2.14. The van der Waals surface area contributed by atoms with Crippen LogP contribution in [0, 0.1) is 0 Å². The zero-order chi connectivity index (χ0) is 15.3. The second kappa shape index (κ2) is 6.74. The minimum atomic E-state index is -4.73. The van der Waals surface area contributed by atoms with Crippen molar-refractivity contribution in [3.8, 4) is 0 Å². The highest BCUT2D eigenvalue weighted by molar-refractivity contribution is 7.84. The molecule has 0 radical (unpaired) electrons. The van der Waals surface area contributed by atoms with E-state index >= 15 is 0 Å². The molecule has 1 rings (SSSR count). The van der Waals surface area contributed by atoms with Gasteiger partial charge in [0.2, 0.25) is 0 Å². The molecule has 0 fully saturated rings. The van der Waals surface area contributed by atoms with E-state index in [2.05, 4.69) is 5.32 Å². The van der Waals surface area contributed by atoms with E-state index in [0.717, 1.165) is 12.1 Å². The Morgan fingerprint density at radius 2 is 2.05 bits per heavy atom. The van der Waals surface area contributed by atoms with Crippen molar-refractivity contribution in [3.05, 3.63) is 29.3 Å². The highest BCUT2D eigenvalue weighted by Gasteiger charge is 2.35. The minimum absolute atomic E-state index is 0.184. The van der Waals surface area contributed by atoms with Gasteiger partial charge in [-0.05, 0) is 24.6 Å². The Hall–Kier alpha value is -1.57. The lowest BCUT2D eigenvalue weighted by Gasteiger charge is -2.13. The summed E-state index contributed by atoms with van der Waals surface area (Å²) in [6.45, 7) is 0.364. The number of hydrogen-bond acceptors (Lipinski definition) is 3. The summed E-state index contributed by atoms with van der Waals surface area (Å²) in [5.74, 6) is -1.17. The van der Waals surface area contributed by atoms with Gasteiger partial charge >= 0.3 is 12.1 Å². The van der Waals surface area contributed by atoms with Gasteiger partial charge in [-0.1, -0.05) is 0 Å². The van der Waals surface area contributed by atoms with E-state index in [1.807, 2.05) is 0 Å². The quantitative estimate of drug-likeness (QED) is 0.793. The second-order valence-corrected chi connectivity index (χ2v) is 5.68. The zero-order valence-corrected chi connectivity index (χ0v) is 11.5. The van der Waals surface area contributed by atoms with Crippen molar-refractivity contribution < 1.29 is 27.3 Å². The summed E-state index contributed by atoms with van der Waals surface area (Å²) >= 11 is 0. The first kappa shape index (κ1) is 16.5. The van der Waals surface area contributed by atoms with Crippen LogP contribution in [0.2, 0.25) is 0 Å². The summed E-state index contributed by atoms with van der Waals surface area (Å²) in [7, 11) is -0.949. The maximum Gasteiger partial charge on any atom is 0.417 e. The first-order valence-corrected chi connectivity index (χ1v) is 7.43. The average Bonchev–Trinajstić information content (AvgIpc) is 2.33. The molecule has 1 unspecified atom stereocenters. The fourth-order valence-corrected chi connectivity index (χ4v) is 2.13. The number of nitrogens with one attached hydrogen (secondary N) is 1. The largest absolute Gasteiger partial charge is 0.478 e. The van der Waals surface area contributed by atoms with Crippen LogP contribution < -0.4 is 5.32 Å². The number of alkyl halides is 3. The topological polar surface area (TPSA) is 66.4 Å². The summed E-state index contributed by atoms with van der Waals surface area (Å²) < 4.78 is 49.1. The van der Waals surface area contributed by atoms with Crippen LogP contribution in [0.5, 0.6) is 0 Å². The molecule has 4 nitrogen and oxygen atoms in total. The predicted octanol–water partition coefficient (Wildman–Crippen LogP) is 2.58. The summed E-state index contributed by atoms with van der Waals surface area (Å²) in [5, 5.41) is 11.5. The molecular formula is C12H14F3NO3S. The molecule has 2 N–H and O–H groups in total. The molecule has 0 amide bonds. The van der Waals surface area contributed by atoms with Gasteiger partial charge in [0.05, 0.1) is 11.1 Å². The molecule has 1 aromatic rings. The number of aromatic carboxylic acids is 1. The van der Waals surface area contributed by atoms with Crippen molar-refractivity contribution in [2.75, 3.05) is 23.9 Å². The summed E-state index contributed by atoms with van der Waals surface area (Å²) in [5.41, 5.74) is -1.78. The lowest BCUT2D eigenvalue weighted by molar-refractivity contribution is -0.138. The zero-order valence-electron chi connectivity index (χ0n) is 10.7. The van der Waals surface area contributed by atoms with Crippen molar-refractivity contribution in [2.45, 2.75) is 12.6 Å². The van der Waals surface area contributed by atoms with Crippen LogP contribution in [0.15, 0.2) is 18.2 Å². The van der Waals surface area contributed by atoms with Crippen LogP contribution in [0.1, 0.15) is 22.3 Å². The van der Waals surface area contributed by atoms with Crippen LogP contribution in [-0.2, 0) is 17.0 Å². The molecule has 112 valence electrons. The van der Waals surface area contributed by atoms with Gasteiger partial charge in [-0.25, -0.2) is 4.79 Å². The van der Waals surface area contributed by atoms with Crippen molar-refractivity contribution >= 4 is 22.5 Å². The Morgan fingerprint density at radius 3 is 2.55 bits per heavy atom. The molecular weight excluding hydrogens is 295 g/mol. The number of hydrogen-bond donors (Lipinski definition) is 2. The van der Waals surface area contributed by atoms with Gasteiger partial charge in [0, 0.05) is 35.0 Å². The number of carboxylic acids is 1. The highest BCUT2D eigenvalue weighted by atomic mass is 32.2. The Morgan fingerprint density at radius 1 is 1.40 bits per heavy atom.